The SMILES string of the molecule is CC(C)(CCCc1ccc(NCC(=O)O)cc1)C(=O)O. The summed E-state index contributed by atoms with van der Waals surface area (Å²) in [6.45, 7) is 3.36. The van der Waals surface area contributed by atoms with Gasteiger partial charge in [0.15, 0.2) is 0 Å². The summed E-state index contributed by atoms with van der Waals surface area (Å²) in [5, 5.41) is 20.4. The first-order valence-electron chi connectivity index (χ1n) is 6.59. The highest BCUT2D eigenvalue weighted by Crippen LogP contribution is 2.23. The minimum absolute atomic E-state index is 0.105. The van der Waals surface area contributed by atoms with Crippen molar-refractivity contribution in [2.24, 2.45) is 5.41 Å². The molecule has 0 atom stereocenters. The van der Waals surface area contributed by atoms with Crippen molar-refractivity contribution in [2.45, 2.75) is 33.1 Å². The second-order valence-electron chi connectivity index (χ2n) is 5.49. The number of nitrogens with one attached hydrogen (secondary N) is 1. The van der Waals surface area contributed by atoms with Gasteiger partial charge in [-0.3, -0.25) is 9.59 Å². The van der Waals surface area contributed by atoms with Crippen molar-refractivity contribution in [1.82, 2.24) is 0 Å². The maximum atomic E-state index is 11.0. The van der Waals surface area contributed by atoms with Crippen LogP contribution in [0, 0.1) is 5.41 Å². The number of benzene rings is 1. The lowest BCUT2D eigenvalue weighted by Crippen LogP contribution is -2.23. The summed E-state index contributed by atoms with van der Waals surface area (Å²) in [6, 6.07) is 7.52. The fourth-order valence-corrected chi connectivity index (χ4v) is 1.81. The largest absolute Gasteiger partial charge is 0.481 e. The molecule has 1 aromatic carbocycles. The van der Waals surface area contributed by atoms with E-state index in [-0.39, 0.29) is 6.54 Å². The molecule has 0 saturated heterocycles. The van der Waals surface area contributed by atoms with E-state index in [1.54, 1.807) is 13.8 Å². The second-order valence-corrected chi connectivity index (χ2v) is 5.49. The highest BCUT2D eigenvalue weighted by molar-refractivity contribution is 5.73. The number of aryl methyl sites for hydroxylation is 1. The molecule has 5 heteroatoms. The summed E-state index contributed by atoms with van der Waals surface area (Å²) in [4.78, 5) is 21.4. The minimum Gasteiger partial charge on any atom is -0.481 e. The molecule has 1 rings (SSSR count). The fraction of sp³-hybridized carbons (Fsp3) is 0.467. The molecule has 0 aromatic heterocycles. The van der Waals surface area contributed by atoms with E-state index in [2.05, 4.69) is 5.32 Å². The summed E-state index contributed by atoms with van der Waals surface area (Å²) >= 11 is 0. The molecular formula is C15H21NO4. The summed E-state index contributed by atoms with van der Waals surface area (Å²) < 4.78 is 0. The molecule has 0 radical (unpaired) electrons. The van der Waals surface area contributed by atoms with Gasteiger partial charge in [-0.15, -0.1) is 0 Å². The summed E-state index contributed by atoms with van der Waals surface area (Å²) in [5.41, 5.74) is 1.19. The Morgan fingerprint density at radius 1 is 1.15 bits per heavy atom. The highest BCUT2D eigenvalue weighted by Gasteiger charge is 2.25. The van der Waals surface area contributed by atoms with Crippen LogP contribution in [0.25, 0.3) is 0 Å². The molecule has 0 aliphatic heterocycles. The maximum Gasteiger partial charge on any atom is 0.322 e. The van der Waals surface area contributed by atoms with E-state index in [0.29, 0.717) is 6.42 Å². The van der Waals surface area contributed by atoms with Crippen molar-refractivity contribution in [1.29, 1.82) is 0 Å². The van der Waals surface area contributed by atoms with Crippen LogP contribution in [0.15, 0.2) is 24.3 Å². The van der Waals surface area contributed by atoms with E-state index in [9.17, 15) is 9.59 Å². The number of hydrogen-bond acceptors (Lipinski definition) is 3. The standard InChI is InChI=1S/C15H21NO4/c1-15(2,14(19)20)9-3-4-11-5-7-12(8-6-11)16-10-13(17)18/h5-8,16H,3-4,9-10H2,1-2H3,(H,17,18)(H,19,20). The van der Waals surface area contributed by atoms with Gasteiger partial charge in [-0.25, -0.2) is 0 Å². The monoisotopic (exact) mass is 279 g/mol. The van der Waals surface area contributed by atoms with Gasteiger partial charge < -0.3 is 15.5 Å². The third kappa shape index (κ3) is 5.30. The second kappa shape index (κ2) is 6.93. The lowest BCUT2D eigenvalue weighted by atomic mass is 9.87. The predicted molar refractivity (Wildman–Crippen MR) is 76.9 cm³/mol. The van der Waals surface area contributed by atoms with Crippen LogP contribution in [0.5, 0.6) is 0 Å². The number of carboxylic acids is 2. The summed E-state index contributed by atoms with van der Waals surface area (Å²) in [7, 11) is 0. The van der Waals surface area contributed by atoms with E-state index in [0.717, 1.165) is 24.1 Å². The first-order chi connectivity index (χ1) is 9.31. The van der Waals surface area contributed by atoms with Gasteiger partial charge in [0.25, 0.3) is 0 Å². The zero-order valence-corrected chi connectivity index (χ0v) is 11.8. The van der Waals surface area contributed by atoms with Gasteiger partial charge in [0.1, 0.15) is 6.54 Å². The molecule has 0 aliphatic carbocycles. The van der Waals surface area contributed by atoms with Crippen molar-refractivity contribution in [3.8, 4) is 0 Å². The number of hydrogen-bond donors (Lipinski definition) is 3. The van der Waals surface area contributed by atoms with Crippen molar-refractivity contribution >= 4 is 17.6 Å². The quantitative estimate of drug-likeness (QED) is 0.681. The maximum absolute atomic E-state index is 11.0. The van der Waals surface area contributed by atoms with E-state index in [4.69, 9.17) is 10.2 Å². The van der Waals surface area contributed by atoms with Gasteiger partial charge in [0.2, 0.25) is 0 Å². The van der Waals surface area contributed by atoms with Gasteiger partial charge in [-0.05, 0) is 50.8 Å². The molecule has 0 fully saturated rings. The van der Waals surface area contributed by atoms with Crippen LogP contribution in [-0.2, 0) is 16.0 Å². The Labute approximate surface area is 118 Å². The molecule has 0 spiro atoms. The first kappa shape index (κ1) is 16.0. The fourth-order valence-electron chi connectivity index (χ4n) is 1.81. The van der Waals surface area contributed by atoms with Crippen LogP contribution in [-0.4, -0.2) is 28.7 Å². The van der Waals surface area contributed by atoms with Crippen LogP contribution in [0.1, 0.15) is 32.3 Å². The van der Waals surface area contributed by atoms with Gasteiger partial charge in [-0.2, -0.15) is 0 Å². The molecule has 0 bridgehead atoms. The Balaban J connectivity index is 2.42. The average molecular weight is 279 g/mol. The molecule has 0 aliphatic rings. The molecule has 0 unspecified atom stereocenters. The minimum atomic E-state index is -0.898. The predicted octanol–water partition coefficient (Wildman–Crippen LogP) is 2.62. The lowest BCUT2D eigenvalue weighted by Gasteiger charge is -2.18. The molecule has 20 heavy (non-hydrogen) atoms. The topological polar surface area (TPSA) is 86.6 Å². The molecule has 5 nitrogen and oxygen atoms in total. The smallest absolute Gasteiger partial charge is 0.322 e. The summed E-state index contributed by atoms with van der Waals surface area (Å²) in [6.07, 6.45) is 2.25. The number of carbonyl (C=O) groups is 2. The molecule has 1 aromatic rings. The zero-order valence-electron chi connectivity index (χ0n) is 11.8. The van der Waals surface area contributed by atoms with Gasteiger partial charge in [-0.1, -0.05) is 12.1 Å². The number of carboxylic acid groups (broad SMARTS) is 2. The first-order valence-corrected chi connectivity index (χ1v) is 6.59. The Morgan fingerprint density at radius 3 is 2.25 bits per heavy atom. The molecular weight excluding hydrogens is 258 g/mol. The van der Waals surface area contributed by atoms with Crippen molar-refractivity contribution < 1.29 is 19.8 Å². The number of aliphatic carboxylic acids is 2. The summed E-state index contributed by atoms with van der Waals surface area (Å²) in [5.74, 6) is -1.67. The van der Waals surface area contributed by atoms with Crippen molar-refractivity contribution in [2.75, 3.05) is 11.9 Å². The van der Waals surface area contributed by atoms with E-state index in [1.807, 2.05) is 24.3 Å². The molecule has 0 saturated carbocycles. The van der Waals surface area contributed by atoms with Crippen LogP contribution in [0.2, 0.25) is 0 Å². The van der Waals surface area contributed by atoms with Crippen molar-refractivity contribution in [3.63, 3.8) is 0 Å². The molecule has 3 N–H and O–H groups in total. The molecule has 0 heterocycles. The van der Waals surface area contributed by atoms with Gasteiger partial charge in [0.05, 0.1) is 5.41 Å². The Kier molecular flexibility index (Phi) is 5.55. The molecule has 0 amide bonds. The van der Waals surface area contributed by atoms with E-state index >= 15 is 0 Å². The van der Waals surface area contributed by atoms with E-state index < -0.39 is 17.4 Å². The molecule has 110 valence electrons. The Morgan fingerprint density at radius 2 is 1.75 bits per heavy atom. The zero-order chi connectivity index (χ0) is 15.2. The van der Waals surface area contributed by atoms with E-state index in [1.165, 1.54) is 0 Å². The van der Waals surface area contributed by atoms with Crippen LogP contribution >= 0.6 is 0 Å². The van der Waals surface area contributed by atoms with Crippen LogP contribution in [0.4, 0.5) is 5.69 Å². The van der Waals surface area contributed by atoms with Crippen molar-refractivity contribution in [3.05, 3.63) is 29.8 Å². The Bertz CT molecular complexity index is 465. The highest BCUT2D eigenvalue weighted by atomic mass is 16.4. The Hall–Kier alpha value is -2.04. The van der Waals surface area contributed by atoms with Gasteiger partial charge in [0, 0.05) is 5.69 Å². The normalized spacial score (nSPS) is 11.1. The third-order valence-corrected chi connectivity index (χ3v) is 3.24. The van der Waals surface area contributed by atoms with Gasteiger partial charge >= 0.3 is 11.9 Å². The lowest BCUT2D eigenvalue weighted by molar-refractivity contribution is -0.147. The average Bonchev–Trinajstić information content (AvgIpc) is 2.37. The third-order valence-electron chi connectivity index (χ3n) is 3.24. The number of anilines is 1. The van der Waals surface area contributed by atoms with Crippen LogP contribution in [0.3, 0.4) is 0 Å². The van der Waals surface area contributed by atoms with Crippen LogP contribution < -0.4 is 5.32 Å². The number of rotatable bonds is 8.